The topological polar surface area (TPSA) is 68.5 Å². The second kappa shape index (κ2) is 9.25. The molecule has 2 heterocycles. The number of ether oxygens (including phenoxy) is 1. The van der Waals surface area contributed by atoms with E-state index in [2.05, 4.69) is 10.2 Å². The lowest BCUT2D eigenvalue weighted by molar-refractivity contribution is -0.113. The van der Waals surface area contributed by atoms with Gasteiger partial charge in [0.1, 0.15) is 5.69 Å². The van der Waals surface area contributed by atoms with Gasteiger partial charge in [0.25, 0.3) is 5.56 Å². The molecule has 1 aliphatic rings. The quantitative estimate of drug-likeness (QED) is 0.726. The number of hydrogen-bond donors (Lipinski definition) is 1. The van der Waals surface area contributed by atoms with Crippen LogP contribution in [0.1, 0.15) is 5.69 Å². The zero-order chi connectivity index (χ0) is 19.2. The number of para-hydroxylation sites is 1. The minimum Gasteiger partial charge on any atom is -0.379 e. The first-order chi connectivity index (χ1) is 13.1. The summed E-state index contributed by atoms with van der Waals surface area (Å²) in [6, 6.07) is 9.41. The number of hydrogen-bond acceptors (Lipinski definition) is 5. The van der Waals surface area contributed by atoms with Crippen LogP contribution in [0.25, 0.3) is 5.69 Å². The highest BCUT2D eigenvalue weighted by atomic mass is 32.2. The molecule has 7 nitrogen and oxygen atoms in total. The molecule has 3 rings (SSSR count). The smallest absolute Gasteiger partial charge is 0.295 e. The number of carbonyl (C=O) groups excluding carboxylic acids is 1. The molecule has 0 saturated carbocycles. The molecule has 8 heteroatoms. The van der Waals surface area contributed by atoms with E-state index in [9.17, 15) is 9.59 Å². The molecule has 0 unspecified atom stereocenters. The Kier molecular flexibility index (Phi) is 6.76. The summed E-state index contributed by atoms with van der Waals surface area (Å²) in [6.07, 6.45) is 0. The Morgan fingerprint density at radius 1 is 1.22 bits per heavy atom. The molecule has 146 valence electrons. The summed E-state index contributed by atoms with van der Waals surface area (Å²) in [5.74, 6) is 1.08. The number of aromatic nitrogens is 2. The highest BCUT2D eigenvalue weighted by Gasteiger charge is 2.18. The standard InChI is InChI=1S/C19H26N4O3S/c1-15-18(19(25)23(21(15)2)16-6-4-3-5-7-16)20-17(24)14-27-13-10-22-8-11-26-12-9-22/h3-7H,8-14H2,1-2H3,(H,20,24). The molecular formula is C19H26N4O3S. The summed E-state index contributed by atoms with van der Waals surface area (Å²) >= 11 is 1.58. The fourth-order valence-electron chi connectivity index (χ4n) is 3.07. The number of thioether (sulfide) groups is 1. The van der Waals surface area contributed by atoms with E-state index < -0.39 is 0 Å². The molecule has 2 aromatic rings. The monoisotopic (exact) mass is 390 g/mol. The molecule has 0 bridgehead atoms. The van der Waals surface area contributed by atoms with Crippen molar-refractivity contribution in [1.29, 1.82) is 0 Å². The normalized spacial score (nSPS) is 15.0. The van der Waals surface area contributed by atoms with E-state index in [4.69, 9.17) is 4.74 Å². The lowest BCUT2D eigenvalue weighted by atomic mass is 10.3. The molecule has 0 atom stereocenters. The molecule has 1 fully saturated rings. The van der Waals surface area contributed by atoms with Gasteiger partial charge in [0.15, 0.2) is 0 Å². The number of benzene rings is 1. The van der Waals surface area contributed by atoms with Crippen molar-refractivity contribution in [2.75, 3.05) is 49.7 Å². The minimum absolute atomic E-state index is 0.145. The third-order valence-corrected chi connectivity index (χ3v) is 5.64. The van der Waals surface area contributed by atoms with Crippen molar-refractivity contribution in [2.24, 2.45) is 7.05 Å². The molecule has 0 aliphatic carbocycles. The van der Waals surface area contributed by atoms with Gasteiger partial charge >= 0.3 is 0 Å². The summed E-state index contributed by atoms with van der Waals surface area (Å²) in [6.45, 7) is 6.26. The largest absolute Gasteiger partial charge is 0.379 e. The van der Waals surface area contributed by atoms with Gasteiger partial charge in [-0.3, -0.25) is 19.2 Å². The van der Waals surface area contributed by atoms with Crippen molar-refractivity contribution >= 4 is 23.4 Å². The number of nitrogens with zero attached hydrogens (tertiary/aromatic N) is 3. The van der Waals surface area contributed by atoms with Crippen LogP contribution in [0.4, 0.5) is 5.69 Å². The van der Waals surface area contributed by atoms with Gasteiger partial charge in [0.2, 0.25) is 5.91 Å². The van der Waals surface area contributed by atoms with Crippen LogP contribution < -0.4 is 10.9 Å². The molecule has 1 N–H and O–H groups in total. The first-order valence-corrected chi connectivity index (χ1v) is 10.2. The number of carbonyl (C=O) groups is 1. The first kappa shape index (κ1) is 19.7. The average molecular weight is 391 g/mol. The Labute approximate surface area is 163 Å². The molecule has 1 aromatic heterocycles. The maximum atomic E-state index is 12.8. The van der Waals surface area contributed by atoms with Crippen molar-refractivity contribution in [2.45, 2.75) is 6.92 Å². The number of rotatable bonds is 7. The molecule has 1 saturated heterocycles. The zero-order valence-corrected chi connectivity index (χ0v) is 16.6. The van der Waals surface area contributed by atoms with E-state index in [1.54, 1.807) is 21.1 Å². The summed E-state index contributed by atoms with van der Waals surface area (Å²) in [5.41, 5.74) is 1.64. The molecule has 0 spiro atoms. The van der Waals surface area contributed by atoms with Crippen LogP contribution in [-0.4, -0.2) is 64.5 Å². The van der Waals surface area contributed by atoms with E-state index in [1.165, 1.54) is 0 Å². The van der Waals surface area contributed by atoms with E-state index in [0.717, 1.165) is 50.0 Å². The van der Waals surface area contributed by atoms with E-state index in [-0.39, 0.29) is 11.5 Å². The Bertz CT molecular complexity index is 825. The Hall–Kier alpha value is -2.03. The predicted octanol–water partition coefficient (Wildman–Crippen LogP) is 1.49. The van der Waals surface area contributed by atoms with Crippen molar-refractivity contribution in [3.8, 4) is 5.69 Å². The fraction of sp³-hybridized carbons (Fsp3) is 0.474. The second-order valence-corrected chi connectivity index (χ2v) is 7.60. The van der Waals surface area contributed by atoms with Crippen molar-refractivity contribution in [3.05, 3.63) is 46.4 Å². The van der Waals surface area contributed by atoms with Gasteiger partial charge in [-0.2, -0.15) is 11.8 Å². The lowest BCUT2D eigenvalue weighted by Crippen LogP contribution is -2.37. The summed E-state index contributed by atoms with van der Waals surface area (Å²) in [5, 5.41) is 2.80. The van der Waals surface area contributed by atoms with Crippen molar-refractivity contribution < 1.29 is 9.53 Å². The number of nitrogens with one attached hydrogen (secondary N) is 1. The predicted molar refractivity (Wildman–Crippen MR) is 109 cm³/mol. The minimum atomic E-state index is -0.215. The summed E-state index contributed by atoms with van der Waals surface area (Å²) in [7, 11) is 1.82. The van der Waals surface area contributed by atoms with Crippen LogP contribution in [0.3, 0.4) is 0 Å². The third kappa shape index (κ3) is 4.82. The maximum Gasteiger partial charge on any atom is 0.295 e. The highest BCUT2D eigenvalue weighted by molar-refractivity contribution is 7.99. The van der Waals surface area contributed by atoms with Crippen LogP contribution in [0.5, 0.6) is 0 Å². The molecule has 0 radical (unpaired) electrons. The van der Waals surface area contributed by atoms with Crippen molar-refractivity contribution in [1.82, 2.24) is 14.3 Å². The second-order valence-electron chi connectivity index (χ2n) is 6.49. The van der Waals surface area contributed by atoms with E-state index >= 15 is 0 Å². The molecule has 1 amide bonds. The van der Waals surface area contributed by atoms with Gasteiger partial charge < -0.3 is 10.1 Å². The van der Waals surface area contributed by atoms with Gasteiger partial charge in [-0.15, -0.1) is 0 Å². The molecule has 27 heavy (non-hydrogen) atoms. The average Bonchev–Trinajstić information content (AvgIpc) is 2.90. The Morgan fingerprint density at radius 3 is 2.63 bits per heavy atom. The van der Waals surface area contributed by atoms with Gasteiger partial charge in [-0.1, -0.05) is 18.2 Å². The first-order valence-electron chi connectivity index (χ1n) is 9.09. The third-order valence-electron chi connectivity index (χ3n) is 4.71. The molecular weight excluding hydrogens is 364 g/mol. The number of anilines is 1. The van der Waals surface area contributed by atoms with Gasteiger partial charge in [0, 0.05) is 32.4 Å². The fourth-order valence-corrected chi connectivity index (χ4v) is 3.86. The van der Waals surface area contributed by atoms with Gasteiger partial charge in [-0.25, -0.2) is 4.68 Å². The van der Waals surface area contributed by atoms with Crippen LogP contribution in [0, 0.1) is 6.92 Å². The van der Waals surface area contributed by atoms with Crippen LogP contribution in [0.15, 0.2) is 35.1 Å². The molecule has 1 aliphatic heterocycles. The van der Waals surface area contributed by atoms with Crippen molar-refractivity contribution in [3.63, 3.8) is 0 Å². The number of morpholine rings is 1. The van der Waals surface area contributed by atoms with Crippen LogP contribution >= 0.6 is 11.8 Å². The Balaban J connectivity index is 1.57. The van der Waals surface area contributed by atoms with Gasteiger partial charge in [-0.05, 0) is 19.1 Å². The molecule has 1 aromatic carbocycles. The number of amides is 1. The Morgan fingerprint density at radius 2 is 1.93 bits per heavy atom. The van der Waals surface area contributed by atoms with E-state index in [0.29, 0.717) is 11.4 Å². The maximum absolute atomic E-state index is 12.8. The summed E-state index contributed by atoms with van der Waals surface area (Å²) in [4.78, 5) is 27.4. The van der Waals surface area contributed by atoms with Crippen LogP contribution in [0.2, 0.25) is 0 Å². The van der Waals surface area contributed by atoms with Crippen LogP contribution in [-0.2, 0) is 16.6 Å². The lowest BCUT2D eigenvalue weighted by Gasteiger charge is -2.26. The zero-order valence-electron chi connectivity index (χ0n) is 15.8. The van der Waals surface area contributed by atoms with E-state index in [1.807, 2.05) is 44.3 Å². The highest BCUT2D eigenvalue weighted by Crippen LogP contribution is 2.14. The van der Waals surface area contributed by atoms with Gasteiger partial charge in [0.05, 0.1) is 30.3 Å². The summed E-state index contributed by atoms with van der Waals surface area (Å²) < 4.78 is 8.66. The SMILES string of the molecule is Cc1c(NC(=O)CSCCN2CCOCC2)c(=O)n(-c2ccccc2)n1C.